The number of aliphatic hydroxyl groups is 1. The number of carbonyl (C=O) groups excluding carboxylic acids is 1. The Balaban J connectivity index is 3.83. The molecule has 4 N–H and O–H groups in total. The molecule has 102 valence electrons. The average Bonchev–Trinajstić information content (AvgIpc) is 2.20. The predicted octanol–water partition coefficient (Wildman–Crippen LogP) is 1.42. The summed E-state index contributed by atoms with van der Waals surface area (Å²) in [5.74, 6) is -0.161. The van der Waals surface area contributed by atoms with Gasteiger partial charge in [-0.1, -0.05) is 40.5 Å². The van der Waals surface area contributed by atoms with Gasteiger partial charge in [-0.05, 0) is 18.3 Å². The van der Waals surface area contributed by atoms with E-state index in [1.807, 2.05) is 0 Å². The number of nitrogens with two attached hydrogens (primary N) is 1. The molecule has 0 aliphatic heterocycles. The van der Waals surface area contributed by atoms with Crippen molar-refractivity contribution >= 4 is 5.91 Å². The van der Waals surface area contributed by atoms with Crippen molar-refractivity contribution in [3.05, 3.63) is 0 Å². The van der Waals surface area contributed by atoms with Crippen molar-refractivity contribution in [1.82, 2.24) is 5.32 Å². The number of rotatable bonds is 7. The molecular weight excluding hydrogens is 216 g/mol. The van der Waals surface area contributed by atoms with Crippen LogP contribution in [0.25, 0.3) is 0 Å². The molecule has 2 unspecified atom stereocenters. The maximum absolute atomic E-state index is 11.6. The van der Waals surface area contributed by atoms with Crippen molar-refractivity contribution in [3.8, 4) is 0 Å². The van der Waals surface area contributed by atoms with E-state index in [2.05, 4.69) is 33.0 Å². The lowest BCUT2D eigenvalue weighted by Crippen LogP contribution is -2.43. The summed E-state index contributed by atoms with van der Waals surface area (Å²) in [5.41, 5.74) is 5.79. The molecule has 0 radical (unpaired) electrons. The first-order valence-corrected chi connectivity index (χ1v) is 6.47. The fraction of sp³-hybridized carbons (Fsp3) is 0.923. The van der Waals surface area contributed by atoms with Crippen molar-refractivity contribution in [2.75, 3.05) is 6.54 Å². The molecule has 0 aromatic rings. The summed E-state index contributed by atoms with van der Waals surface area (Å²) in [6.07, 6.45) is 2.86. The Morgan fingerprint density at radius 2 is 2.00 bits per heavy atom. The Labute approximate surface area is 105 Å². The fourth-order valence-corrected chi connectivity index (χ4v) is 1.68. The van der Waals surface area contributed by atoms with Crippen molar-refractivity contribution in [1.29, 1.82) is 0 Å². The van der Waals surface area contributed by atoms with Gasteiger partial charge in [0.2, 0.25) is 5.91 Å². The van der Waals surface area contributed by atoms with Crippen molar-refractivity contribution in [2.45, 2.75) is 65.5 Å². The Bertz CT molecular complexity index is 224. The number of hydrogen-bond acceptors (Lipinski definition) is 3. The monoisotopic (exact) mass is 244 g/mol. The summed E-state index contributed by atoms with van der Waals surface area (Å²) < 4.78 is 0. The maximum atomic E-state index is 11.6. The third kappa shape index (κ3) is 9.12. The molecule has 0 heterocycles. The molecule has 0 saturated heterocycles. The van der Waals surface area contributed by atoms with Gasteiger partial charge in [0.25, 0.3) is 0 Å². The minimum Gasteiger partial charge on any atom is -0.391 e. The van der Waals surface area contributed by atoms with Crippen LogP contribution < -0.4 is 11.1 Å². The largest absolute Gasteiger partial charge is 0.391 e. The second kappa shape index (κ2) is 7.67. The zero-order valence-corrected chi connectivity index (χ0v) is 11.6. The molecule has 2 atom stereocenters. The van der Waals surface area contributed by atoms with Crippen LogP contribution >= 0.6 is 0 Å². The van der Waals surface area contributed by atoms with Crippen LogP contribution in [0.5, 0.6) is 0 Å². The standard InChI is InChI=1S/C13H28N2O2/c1-5-6-7-11(14)12(17)15-9-10(16)8-13(2,3)4/h10-11,16H,5-9,14H2,1-4H3,(H,15,17). The summed E-state index contributed by atoms with van der Waals surface area (Å²) in [5, 5.41) is 12.4. The van der Waals surface area contributed by atoms with E-state index < -0.39 is 12.1 Å². The number of amides is 1. The van der Waals surface area contributed by atoms with Gasteiger partial charge in [0.15, 0.2) is 0 Å². The highest BCUT2D eigenvalue weighted by molar-refractivity contribution is 5.81. The topological polar surface area (TPSA) is 75.4 Å². The highest BCUT2D eigenvalue weighted by Crippen LogP contribution is 2.20. The minimum absolute atomic E-state index is 0.0640. The van der Waals surface area contributed by atoms with E-state index in [0.717, 1.165) is 12.8 Å². The summed E-state index contributed by atoms with van der Waals surface area (Å²) in [7, 11) is 0. The molecule has 4 nitrogen and oxygen atoms in total. The molecule has 17 heavy (non-hydrogen) atoms. The molecule has 0 bridgehead atoms. The number of carbonyl (C=O) groups is 1. The van der Waals surface area contributed by atoms with Gasteiger partial charge in [0, 0.05) is 6.54 Å². The van der Waals surface area contributed by atoms with Gasteiger partial charge in [0.05, 0.1) is 12.1 Å². The lowest BCUT2D eigenvalue weighted by molar-refractivity contribution is -0.123. The van der Waals surface area contributed by atoms with Crippen molar-refractivity contribution < 1.29 is 9.90 Å². The molecule has 4 heteroatoms. The van der Waals surface area contributed by atoms with Gasteiger partial charge in [0.1, 0.15) is 0 Å². The molecule has 0 aromatic heterocycles. The quantitative estimate of drug-likeness (QED) is 0.634. The van der Waals surface area contributed by atoms with Crippen LogP contribution in [0, 0.1) is 5.41 Å². The zero-order chi connectivity index (χ0) is 13.5. The molecule has 0 aromatic carbocycles. The summed E-state index contributed by atoms with van der Waals surface area (Å²) in [6, 6.07) is -0.447. The third-order valence-corrected chi connectivity index (χ3v) is 2.57. The molecule has 1 amide bonds. The Morgan fingerprint density at radius 3 is 2.47 bits per heavy atom. The molecule has 0 aliphatic carbocycles. The Morgan fingerprint density at radius 1 is 1.41 bits per heavy atom. The van der Waals surface area contributed by atoms with Crippen LogP contribution in [0.15, 0.2) is 0 Å². The number of unbranched alkanes of at least 4 members (excludes halogenated alkanes) is 1. The Hall–Kier alpha value is -0.610. The third-order valence-electron chi connectivity index (χ3n) is 2.57. The maximum Gasteiger partial charge on any atom is 0.237 e. The molecule has 0 rings (SSSR count). The second-order valence-electron chi connectivity index (χ2n) is 5.91. The minimum atomic E-state index is -0.502. The van der Waals surface area contributed by atoms with E-state index >= 15 is 0 Å². The lowest BCUT2D eigenvalue weighted by atomic mass is 9.89. The molecule has 0 aliphatic rings. The van der Waals surface area contributed by atoms with Gasteiger partial charge in [-0.25, -0.2) is 0 Å². The van der Waals surface area contributed by atoms with E-state index in [4.69, 9.17) is 5.73 Å². The normalized spacial score (nSPS) is 15.4. The van der Waals surface area contributed by atoms with E-state index in [0.29, 0.717) is 12.8 Å². The van der Waals surface area contributed by atoms with E-state index in [1.54, 1.807) is 0 Å². The fourth-order valence-electron chi connectivity index (χ4n) is 1.68. The predicted molar refractivity (Wildman–Crippen MR) is 70.6 cm³/mol. The average molecular weight is 244 g/mol. The van der Waals surface area contributed by atoms with Gasteiger partial charge in [-0.3, -0.25) is 4.79 Å². The summed E-state index contributed by atoms with van der Waals surface area (Å²) >= 11 is 0. The van der Waals surface area contributed by atoms with Gasteiger partial charge in [-0.15, -0.1) is 0 Å². The second-order valence-corrected chi connectivity index (χ2v) is 5.91. The smallest absolute Gasteiger partial charge is 0.237 e. The molecule has 0 saturated carbocycles. The highest BCUT2D eigenvalue weighted by Gasteiger charge is 2.18. The van der Waals surface area contributed by atoms with Crippen molar-refractivity contribution in [3.63, 3.8) is 0 Å². The van der Waals surface area contributed by atoms with E-state index in [1.165, 1.54) is 0 Å². The van der Waals surface area contributed by atoms with Gasteiger partial charge >= 0.3 is 0 Å². The van der Waals surface area contributed by atoms with E-state index in [-0.39, 0.29) is 17.9 Å². The SMILES string of the molecule is CCCCC(N)C(=O)NCC(O)CC(C)(C)C. The van der Waals surface area contributed by atoms with E-state index in [9.17, 15) is 9.90 Å². The number of hydrogen-bond donors (Lipinski definition) is 3. The van der Waals surface area contributed by atoms with Crippen LogP contribution in [0.1, 0.15) is 53.4 Å². The summed E-state index contributed by atoms with van der Waals surface area (Å²) in [4.78, 5) is 11.6. The number of aliphatic hydroxyl groups excluding tert-OH is 1. The molecule has 0 spiro atoms. The summed E-state index contributed by atoms with van der Waals surface area (Å²) in [6.45, 7) is 8.54. The first-order chi connectivity index (χ1) is 7.76. The first-order valence-electron chi connectivity index (χ1n) is 6.47. The van der Waals surface area contributed by atoms with Gasteiger partial charge in [-0.2, -0.15) is 0 Å². The van der Waals surface area contributed by atoms with Crippen LogP contribution in [-0.2, 0) is 4.79 Å². The lowest BCUT2D eigenvalue weighted by Gasteiger charge is -2.23. The first kappa shape index (κ1) is 16.4. The highest BCUT2D eigenvalue weighted by atomic mass is 16.3. The van der Waals surface area contributed by atoms with Gasteiger partial charge < -0.3 is 16.2 Å². The van der Waals surface area contributed by atoms with Crippen molar-refractivity contribution in [2.24, 2.45) is 11.1 Å². The molecule has 0 fully saturated rings. The van der Waals surface area contributed by atoms with Crippen LogP contribution in [0.3, 0.4) is 0 Å². The Kier molecular flexibility index (Phi) is 7.39. The molecular formula is C13H28N2O2. The van der Waals surface area contributed by atoms with Crippen LogP contribution in [0.4, 0.5) is 0 Å². The zero-order valence-electron chi connectivity index (χ0n) is 11.6. The number of nitrogens with one attached hydrogen (secondary N) is 1. The van der Waals surface area contributed by atoms with Crippen LogP contribution in [-0.4, -0.2) is 29.7 Å². The van der Waals surface area contributed by atoms with Crippen LogP contribution in [0.2, 0.25) is 0 Å².